The summed E-state index contributed by atoms with van der Waals surface area (Å²) in [4.78, 5) is 14.3. The topological polar surface area (TPSA) is 75.7 Å². The minimum absolute atomic E-state index is 0.00688. The number of nitrogens with one attached hydrogen (secondary N) is 1. The number of hydrogen-bond donors (Lipinski definition) is 1. The molecule has 10 heteroatoms. The fourth-order valence-electron chi connectivity index (χ4n) is 3.29. The van der Waals surface area contributed by atoms with Gasteiger partial charge in [-0.2, -0.15) is 13.2 Å². The van der Waals surface area contributed by atoms with Crippen molar-refractivity contribution in [1.29, 1.82) is 0 Å². The van der Waals surface area contributed by atoms with Crippen LogP contribution in [0.1, 0.15) is 28.8 Å². The van der Waals surface area contributed by atoms with Gasteiger partial charge in [-0.25, -0.2) is 13.1 Å². The van der Waals surface area contributed by atoms with Crippen molar-refractivity contribution in [3.05, 3.63) is 59.7 Å². The molecule has 3 rings (SSSR count). The standard InChI is InChI=1S/C20H21F3N2O4S/c1-24-30(27,28)18-9-4-10-25(13-18)19(26)14-5-2-7-16(11-14)29-17-8-3-6-15(12-17)20(21,22)23/h2-3,5-8,11-12,18,24H,4,9-10,13H2,1H3. The number of alkyl halides is 3. The minimum Gasteiger partial charge on any atom is -0.457 e. The second kappa shape index (κ2) is 8.65. The third kappa shape index (κ3) is 5.11. The molecular formula is C20H21F3N2O4S. The first-order valence-corrected chi connectivity index (χ1v) is 10.8. The third-order valence-corrected chi connectivity index (χ3v) is 6.70. The number of benzene rings is 2. The molecule has 30 heavy (non-hydrogen) atoms. The quantitative estimate of drug-likeness (QED) is 0.767. The molecule has 0 spiro atoms. The van der Waals surface area contributed by atoms with E-state index in [9.17, 15) is 26.4 Å². The molecule has 0 aromatic heterocycles. The van der Waals surface area contributed by atoms with Gasteiger partial charge in [0.1, 0.15) is 11.5 Å². The maximum Gasteiger partial charge on any atom is 0.416 e. The van der Waals surface area contributed by atoms with Crippen LogP contribution < -0.4 is 9.46 Å². The number of nitrogens with zero attached hydrogens (tertiary/aromatic N) is 1. The lowest BCUT2D eigenvalue weighted by Gasteiger charge is -2.32. The summed E-state index contributed by atoms with van der Waals surface area (Å²) in [5, 5.41) is -0.690. The number of amides is 1. The van der Waals surface area contributed by atoms with E-state index in [1.807, 2.05) is 0 Å². The summed E-state index contributed by atoms with van der Waals surface area (Å²) in [5.41, 5.74) is -0.570. The van der Waals surface area contributed by atoms with E-state index in [0.29, 0.717) is 19.4 Å². The number of sulfonamides is 1. The Morgan fingerprint density at radius 1 is 1.13 bits per heavy atom. The first-order valence-electron chi connectivity index (χ1n) is 9.27. The van der Waals surface area contributed by atoms with Crippen LogP contribution in [0.3, 0.4) is 0 Å². The van der Waals surface area contributed by atoms with Crippen molar-refractivity contribution in [2.75, 3.05) is 20.1 Å². The van der Waals surface area contributed by atoms with Gasteiger partial charge in [-0.05, 0) is 56.3 Å². The SMILES string of the molecule is CNS(=O)(=O)C1CCCN(C(=O)c2cccc(Oc3cccc(C(F)(F)F)c3)c2)C1. The summed E-state index contributed by atoms with van der Waals surface area (Å²) in [6, 6.07) is 10.5. The lowest BCUT2D eigenvalue weighted by molar-refractivity contribution is -0.137. The van der Waals surface area contributed by atoms with Crippen LogP contribution in [0.5, 0.6) is 11.5 Å². The summed E-state index contributed by atoms with van der Waals surface area (Å²) in [7, 11) is -2.16. The van der Waals surface area contributed by atoms with Crippen molar-refractivity contribution in [2.45, 2.75) is 24.3 Å². The molecule has 0 bridgehead atoms. The lowest BCUT2D eigenvalue weighted by Crippen LogP contribution is -2.47. The van der Waals surface area contributed by atoms with E-state index in [0.717, 1.165) is 12.1 Å². The molecule has 0 saturated carbocycles. The molecular weight excluding hydrogens is 421 g/mol. The monoisotopic (exact) mass is 442 g/mol. The number of rotatable bonds is 5. The molecule has 2 aromatic carbocycles. The summed E-state index contributed by atoms with van der Waals surface area (Å²) in [5.74, 6) is -0.162. The van der Waals surface area contributed by atoms with Crippen LogP contribution in [0.25, 0.3) is 0 Å². The molecule has 1 fully saturated rings. The van der Waals surface area contributed by atoms with Crippen molar-refractivity contribution in [3.8, 4) is 11.5 Å². The molecule has 6 nitrogen and oxygen atoms in total. The Morgan fingerprint density at radius 3 is 2.47 bits per heavy atom. The van der Waals surface area contributed by atoms with Gasteiger partial charge < -0.3 is 9.64 Å². The number of ether oxygens (including phenoxy) is 1. The van der Waals surface area contributed by atoms with Gasteiger partial charge in [0, 0.05) is 18.7 Å². The molecule has 162 valence electrons. The lowest BCUT2D eigenvalue weighted by atomic mass is 10.1. The zero-order valence-corrected chi connectivity index (χ0v) is 17.0. The molecule has 1 atom stereocenters. The van der Waals surface area contributed by atoms with Crippen molar-refractivity contribution < 1.29 is 31.1 Å². The minimum atomic E-state index is -4.49. The van der Waals surface area contributed by atoms with Gasteiger partial charge in [0.2, 0.25) is 10.0 Å². The zero-order valence-electron chi connectivity index (χ0n) is 16.1. The number of halogens is 3. The average Bonchev–Trinajstić information content (AvgIpc) is 2.73. The van der Waals surface area contributed by atoms with Crippen LogP contribution in [-0.2, 0) is 16.2 Å². The Bertz CT molecular complexity index is 1020. The van der Waals surface area contributed by atoms with Crippen molar-refractivity contribution in [3.63, 3.8) is 0 Å². The van der Waals surface area contributed by atoms with Crippen LogP contribution in [0.4, 0.5) is 13.2 Å². The summed E-state index contributed by atoms with van der Waals surface area (Å²) >= 11 is 0. The molecule has 1 heterocycles. The van der Waals surface area contributed by atoms with Gasteiger partial charge >= 0.3 is 6.18 Å². The zero-order chi connectivity index (χ0) is 21.9. The van der Waals surface area contributed by atoms with Crippen molar-refractivity contribution >= 4 is 15.9 Å². The highest BCUT2D eigenvalue weighted by Crippen LogP contribution is 2.33. The van der Waals surface area contributed by atoms with Crippen LogP contribution in [-0.4, -0.2) is 44.6 Å². The Balaban J connectivity index is 1.76. The predicted molar refractivity (Wildman–Crippen MR) is 105 cm³/mol. The van der Waals surface area contributed by atoms with E-state index in [4.69, 9.17) is 4.74 Å². The van der Waals surface area contributed by atoms with Gasteiger partial charge in [0.15, 0.2) is 0 Å². The highest BCUT2D eigenvalue weighted by molar-refractivity contribution is 7.90. The van der Waals surface area contributed by atoms with E-state index >= 15 is 0 Å². The molecule has 1 unspecified atom stereocenters. The van der Waals surface area contributed by atoms with E-state index in [-0.39, 0.29) is 29.5 Å². The second-order valence-electron chi connectivity index (χ2n) is 6.92. The normalized spacial score (nSPS) is 17.6. The van der Waals surface area contributed by atoms with Gasteiger partial charge in [-0.3, -0.25) is 4.79 Å². The largest absolute Gasteiger partial charge is 0.457 e. The molecule has 1 N–H and O–H groups in total. The highest BCUT2D eigenvalue weighted by atomic mass is 32.2. The van der Waals surface area contributed by atoms with Crippen LogP contribution >= 0.6 is 0 Å². The number of likely N-dealkylation sites (tertiary alicyclic amines) is 1. The molecule has 1 aliphatic heterocycles. The molecule has 1 aliphatic rings. The third-order valence-electron chi connectivity index (χ3n) is 4.87. The fraction of sp³-hybridized carbons (Fsp3) is 0.350. The van der Waals surface area contributed by atoms with Gasteiger partial charge in [0.25, 0.3) is 5.91 Å². The number of carbonyl (C=O) groups excluding carboxylic acids is 1. The van der Waals surface area contributed by atoms with Crippen LogP contribution in [0.15, 0.2) is 48.5 Å². The molecule has 0 radical (unpaired) electrons. The Hall–Kier alpha value is -2.59. The van der Waals surface area contributed by atoms with E-state index in [1.54, 1.807) is 12.1 Å². The Kier molecular flexibility index (Phi) is 6.37. The number of piperidine rings is 1. The molecule has 1 saturated heterocycles. The average molecular weight is 442 g/mol. The Labute approximate surface area is 172 Å². The predicted octanol–water partition coefficient (Wildman–Crippen LogP) is 3.65. The maximum atomic E-state index is 12.9. The molecule has 1 amide bonds. The highest BCUT2D eigenvalue weighted by Gasteiger charge is 2.32. The molecule has 0 aliphatic carbocycles. The first-order chi connectivity index (χ1) is 14.1. The first kappa shape index (κ1) is 22.1. The van der Waals surface area contributed by atoms with Crippen molar-refractivity contribution in [2.24, 2.45) is 0 Å². The van der Waals surface area contributed by atoms with E-state index in [2.05, 4.69) is 4.72 Å². The summed E-state index contributed by atoms with van der Waals surface area (Å²) < 4.78 is 70.5. The number of carbonyl (C=O) groups is 1. The van der Waals surface area contributed by atoms with Crippen molar-refractivity contribution in [1.82, 2.24) is 9.62 Å². The summed E-state index contributed by atoms with van der Waals surface area (Å²) in [6.45, 7) is 0.494. The van der Waals surface area contributed by atoms with E-state index in [1.165, 1.54) is 36.2 Å². The fourth-order valence-corrected chi connectivity index (χ4v) is 4.48. The van der Waals surface area contributed by atoms with E-state index < -0.39 is 27.0 Å². The smallest absolute Gasteiger partial charge is 0.416 e. The number of hydrogen-bond acceptors (Lipinski definition) is 4. The van der Waals surface area contributed by atoms with Crippen LogP contribution in [0.2, 0.25) is 0 Å². The van der Waals surface area contributed by atoms with Gasteiger partial charge in [0.05, 0.1) is 10.8 Å². The maximum absolute atomic E-state index is 12.9. The van der Waals surface area contributed by atoms with Gasteiger partial charge in [-0.15, -0.1) is 0 Å². The summed E-state index contributed by atoms with van der Waals surface area (Å²) in [6.07, 6.45) is -3.47. The Morgan fingerprint density at radius 2 is 1.80 bits per heavy atom. The molecule has 2 aromatic rings. The second-order valence-corrected chi connectivity index (χ2v) is 9.08. The van der Waals surface area contributed by atoms with Crippen LogP contribution in [0, 0.1) is 0 Å². The van der Waals surface area contributed by atoms with Gasteiger partial charge in [-0.1, -0.05) is 12.1 Å².